The van der Waals surface area contributed by atoms with Gasteiger partial charge in [0, 0.05) is 12.1 Å². The standard InChI is InChI=1S/C25H29NO4/c1-5-13-26-22(19-8-6-7-17(4)14-19)21(24(28)25(26)29)23(27)18-9-11-20(12-10-18)30-15-16(2)3/h6-12,14,16,22,27H,5,13,15H2,1-4H3/b23-21-. The zero-order valence-corrected chi connectivity index (χ0v) is 18.0. The van der Waals surface area contributed by atoms with E-state index in [1.165, 1.54) is 0 Å². The van der Waals surface area contributed by atoms with Gasteiger partial charge in [-0.15, -0.1) is 0 Å². The molecule has 1 unspecified atom stereocenters. The Hall–Kier alpha value is -3.08. The highest BCUT2D eigenvalue weighted by molar-refractivity contribution is 6.46. The number of aliphatic hydroxyl groups excluding tert-OH is 1. The summed E-state index contributed by atoms with van der Waals surface area (Å²) in [6, 6.07) is 14.1. The van der Waals surface area contributed by atoms with E-state index >= 15 is 0 Å². The van der Waals surface area contributed by atoms with E-state index in [2.05, 4.69) is 13.8 Å². The lowest BCUT2D eigenvalue weighted by Crippen LogP contribution is -2.30. The average molecular weight is 408 g/mol. The van der Waals surface area contributed by atoms with Gasteiger partial charge in [0.1, 0.15) is 11.5 Å². The van der Waals surface area contributed by atoms with Gasteiger partial charge >= 0.3 is 0 Å². The molecule has 1 amide bonds. The molecule has 1 N–H and O–H groups in total. The quantitative estimate of drug-likeness (QED) is 0.404. The van der Waals surface area contributed by atoms with E-state index in [1.807, 2.05) is 38.1 Å². The Morgan fingerprint density at radius 2 is 1.83 bits per heavy atom. The third kappa shape index (κ3) is 4.40. The Labute approximate surface area is 178 Å². The number of hydrogen-bond acceptors (Lipinski definition) is 4. The fourth-order valence-corrected chi connectivity index (χ4v) is 3.67. The van der Waals surface area contributed by atoms with E-state index in [4.69, 9.17) is 4.74 Å². The van der Waals surface area contributed by atoms with Crippen LogP contribution in [0.3, 0.4) is 0 Å². The molecule has 158 valence electrons. The molecule has 3 rings (SSSR count). The van der Waals surface area contributed by atoms with Crippen LogP contribution in [0.2, 0.25) is 0 Å². The summed E-state index contributed by atoms with van der Waals surface area (Å²) in [5.74, 6) is -0.271. The number of benzene rings is 2. The Bertz CT molecular complexity index is 959. The molecule has 5 nitrogen and oxygen atoms in total. The van der Waals surface area contributed by atoms with E-state index < -0.39 is 17.7 Å². The van der Waals surface area contributed by atoms with Crippen LogP contribution >= 0.6 is 0 Å². The minimum Gasteiger partial charge on any atom is -0.507 e. The van der Waals surface area contributed by atoms with Gasteiger partial charge in [-0.05, 0) is 49.1 Å². The number of hydrogen-bond donors (Lipinski definition) is 1. The lowest BCUT2D eigenvalue weighted by molar-refractivity contribution is -0.139. The highest BCUT2D eigenvalue weighted by atomic mass is 16.5. The SMILES string of the molecule is CCCN1C(=O)C(=O)/C(=C(\O)c2ccc(OCC(C)C)cc2)C1c1cccc(C)c1. The first-order valence-corrected chi connectivity index (χ1v) is 10.4. The summed E-state index contributed by atoms with van der Waals surface area (Å²) in [6.45, 7) is 9.11. The molecule has 5 heteroatoms. The number of ether oxygens (including phenoxy) is 1. The van der Waals surface area contributed by atoms with Crippen molar-refractivity contribution in [2.45, 2.75) is 40.2 Å². The van der Waals surface area contributed by atoms with Crippen LogP contribution in [0.15, 0.2) is 54.1 Å². The largest absolute Gasteiger partial charge is 0.507 e. The van der Waals surface area contributed by atoms with Gasteiger partial charge < -0.3 is 14.7 Å². The Morgan fingerprint density at radius 3 is 2.43 bits per heavy atom. The fourth-order valence-electron chi connectivity index (χ4n) is 3.67. The van der Waals surface area contributed by atoms with Gasteiger partial charge in [-0.25, -0.2) is 0 Å². The maximum atomic E-state index is 12.9. The van der Waals surface area contributed by atoms with Crippen molar-refractivity contribution in [2.24, 2.45) is 5.92 Å². The second kappa shape index (κ2) is 9.16. The van der Waals surface area contributed by atoms with E-state index in [9.17, 15) is 14.7 Å². The van der Waals surface area contributed by atoms with Crippen molar-refractivity contribution in [2.75, 3.05) is 13.2 Å². The van der Waals surface area contributed by atoms with Crippen molar-refractivity contribution < 1.29 is 19.4 Å². The number of ketones is 1. The number of aliphatic hydroxyl groups is 1. The van der Waals surface area contributed by atoms with E-state index in [0.717, 1.165) is 17.5 Å². The Balaban J connectivity index is 2.04. The van der Waals surface area contributed by atoms with E-state index in [1.54, 1.807) is 29.2 Å². The van der Waals surface area contributed by atoms with E-state index in [-0.39, 0.29) is 11.3 Å². The smallest absolute Gasteiger partial charge is 0.295 e. The zero-order chi connectivity index (χ0) is 21.8. The number of amides is 1. The summed E-state index contributed by atoms with van der Waals surface area (Å²) in [6.07, 6.45) is 0.720. The molecular weight excluding hydrogens is 378 g/mol. The van der Waals surface area contributed by atoms with Gasteiger partial charge in [-0.1, -0.05) is 50.6 Å². The average Bonchev–Trinajstić information content (AvgIpc) is 2.97. The topological polar surface area (TPSA) is 66.8 Å². The first-order chi connectivity index (χ1) is 14.3. The number of likely N-dealkylation sites (tertiary alicyclic amines) is 1. The summed E-state index contributed by atoms with van der Waals surface area (Å²) < 4.78 is 5.69. The van der Waals surface area contributed by atoms with Crippen molar-refractivity contribution in [1.82, 2.24) is 4.90 Å². The Kier molecular flexibility index (Phi) is 6.60. The summed E-state index contributed by atoms with van der Waals surface area (Å²) >= 11 is 0. The second-order valence-electron chi connectivity index (χ2n) is 8.14. The van der Waals surface area contributed by atoms with Crippen molar-refractivity contribution >= 4 is 17.4 Å². The molecule has 0 radical (unpaired) electrons. The van der Waals surface area contributed by atoms with Crippen molar-refractivity contribution in [3.05, 3.63) is 70.8 Å². The molecule has 0 saturated carbocycles. The number of nitrogens with zero attached hydrogens (tertiary/aromatic N) is 1. The highest BCUT2D eigenvalue weighted by Crippen LogP contribution is 2.39. The van der Waals surface area contributed by atoms with Gasteiger partial charge in [0.25, 0.3) is 11.7 Å². The van der Waals surface area contributed by atoms with Crippen molar-refractivity contribution in [3.8, 4) is 5.75 Å². The molecule has 0 aliphatic carbocycles. The van der Waals surface area contributed by atoms with Gasteiger partial charge in [-0.3, -0.25) is 9.59 Å². The molecule has 2 aromatic rings. The summed E-state index contributed by atoms with van der Waals surface area (Å²) in [5, 5.41) is 11.0. The monoisotopic (exact) mass is 407 g/mol. The third-order valence-corrected chi connectivity index (χ3v) is 5.07. The minimum absolute atomic E-state index is 0.134. The van der Waals surface area contributed by atoms with Gasteiger partial charge in [-0.2, -0.15) is 0 Å². The highest BCUT2D eigenvalue weighted by Gasteiger charge is 2.45. The Morgan fingerprint density at radius 1 is 1.13 bits per heavy atom. The first kappa shape index (κ1) is 21.6. The van der Waals surface area contributed by atoms with Gasteiger partial charge in [0.05, 0.1) is 18.2 Å². The molecule has 30 heavy (non-hydrogen) atoms. The summed E-state index contributed by atoms with van der Waals surface area (Å²) in [5.41, 5.74) is 2.47. The molecule has 0 bridgehead atoms. The minimum atomic E-state index is -0.646. The second-order valence-corrected chi connectivity index (χ2v) is 8.14. The van der Waals surface area contributed by atoms with Crippen LogP contribution in [0, 0.1) is 12.8 Å². The fraction of sp³-hybridized carbons (Fsp3) is 0.360. The predicted molar refractivity (Wildman–Crippen MR) is 117 cm³/mol. The van der Waals surface area contributed by atoms with Gasteiger partial charge in [0.15, 0.2) is 0 Å². The molecule has 2 aromatic carbocycles. The molecule has 1 aliphatic rings. The summed E-state index contributed by atoms with van der Waals surface area (Å²) in [4.78, 5) is 27.2. The number of aryl methyl sites for hydroxylation is 1. The molecule has 1 saturated heterocycles. The third-order valence-electron chi connectivity index (χ3n) is 5.07. The maximum absolute atomic E-state index is 12.9. The normalized spacial score (nSPS) is 18.3. The van der Waals surface area contributed by atoms with Crippen LogP contribution in [-0.2, 0) is 9.59 Å². The van der Waals surface area contributed by atoms with Crippen LogP contribution in [-0.4, -0.2) is 34.8 Å². The van der Waals surface area contributed by atoms with Gasteiger partial charge in [0.2, 0.25) is 0 Å². The molecule has 1 atom stereocenters. The van der Waals surface area contributed by atoms with Crippen molar-refractivity contribution in [3.63, 3.8) is 0 Å². The summed E-state index contributed by atoms with van der Waals surface area (Å²) in [7, 11) is 0. The zero-order valence-electron chi connectivity index (χ0n) is 18.0. The van der Waals surface area contributed by atoms with Crippen LogP contribution in [0.5, 0.6) is 5.75 Å². The van der Waals surface area contributed by atoms with Crippen LogP contribution < -0.4 is 4.74 Å². The molecular formula is C25H29NO4. The maximum Gasteiger partial charge on any atom is 0.295 e. The molecule has 0 aromatic heterocycles. The molecule has 0 spiro atoms. The number of rotatable bonds is 7. The van der Waals surface area contributed by atoms with Crippen LogP contribution in [0.25, 0.3) is 5.76 Å². The number of Topliss-reactive ketones (excluding diaryl/α,β-unsaturated/α-hetero) is 1. The molecule has 1 heterocycles. The molecule has 1 aliphatic heterocycles. The molecule has 1 fully saturated rings. The van der Waals surface area contributed by atoms with Crippen LogP contribution in [0.4, 0.5) is 0 Å². The number of carbonyl (C=O) groups excluding carboxylic acids is 2. The van der Waals surface area contributed by atoms with Crippen LogP contribution in [0.1, 0.15) is 49.9 Å². The van der Waals surface area contributed by atoms with E-state index in [0.29, 0.717) is 30.4 Å². The number of carbonyl (C=O) groups is 2. The van der Waals surface area contributed by atoms with Crippen molar-refractivity contribution in [1.29, 1.82) is 0 Å². The lowest BCUT2D eigenvalue weighted by Gasteiger charge is -2.25. The predicted octanol–water partition coefficient (Wildman–Crippen LogP) is 4.86. The first-order valence-electron chi connectivity index (χ1n) is 10.4. The lowest BCUT2D eigenvalue weighted by atomic mass is 9.94.